The quantitative estimate of drug-likeness (QED) is 0.0782. The van der Waals surface area contributed by atoms with Gasteiger partial charge in [-0.3, -0.25) is 0 Å². The van der Waals surface area contributed by atoms with Crippen molar-refractivity contribution in [1.82, 2.24) is 4.98 Å². The second-order valence-corrected chi connectivity index (χ2v) is 8.09. The van der Waals surface area contributed by atoms with Gasteiger partial charge in [-0.05, 0) is 24.1 Å². The summed E-state index contributed by atoms with van der Waals surface area (Å²) in [4.78, 5) is 4.91. The van der Waals surface area contributed by atoms with Crippen molar-refractivity contribution in [1.29, 1.82) is 0 Å². The molecule has 5 nitrogen and oxygen atoms in total. The predicted molar refractivity (Wildman–Crippen MR) is 104 cm³/mol. The molecule has 0 spiro atoms. The van der Waals surface area contributed by atoms with Crippen molar-refractivity contribution >= 4 is 22.7 Å². The van der Waals surface area contributed by atoms with E-state index in [2.05, 4.69) is 39.0 Å². The van der Waals surface area contributed by atoms with Gasteiger partial charge in [-0.15, -0.1) is 0 Å². The Labute approximate surface area is 201 Å². The molecule has 2 aromatic rings. The standard InChI is InChI=1S/C19H31N3O2S.2HI/c1-21-15-13-17(24-6)16(23-5)12-14(15)19(25-7)20-18(21)10-8-9-11-22(2,3)4;;/h12-13H,8-11H2,1-7H3;2*1H/q+2;;/p-2. The number of thioether (sulfide) groups is 1. The first-order valence-electron chi connectivity index (χ1n) is 8.59. The number of methoxy groups -OCH3 is 2. The molecule has 0 bridgehead atoms. The van der Waals surface area contributed by atoms with Crippen LogP contribution < -0.4 is 62.0 Å². The summed E-state index contributed by atoms with van der Waals surface area (Å²) in [7, 11) is 12.1. The Kier molecular flexibility index (Phi) is 11.8. The third-order valence-corrected chi connectivity index (χ3v) is 5.08. The van der Waals surface area contributed by atoms with Crippen LogP contribution in [0.5, 0.6) is 11.5 Å². The molecule has 0 aliphatic carbocycles. The molecular weight excluding hydrogens is 588 g/mol. The van der Waals surface area contributed by atoms with Crippen LogP contribution in [-0.2, 0) is 13.5 Å². The molecule has 0 N–H and O–H groups in total. The number of hydrogen-bond donors (Lipinski definition) is 0. The number of benzene rings is 1. The van der Waals surface area contributed by atoms with Crippen molar-refractivity contribution in [2.24, 2.45) is 7.05 Å². The number of quaternary nitrogens is 1. The van der Waals surface area contributed by atoms with Crippen LogP contribution in [0.25, 0.3) is 10.9 Å². The third kappa shape index (κ3) is 7.04. The maximum atomic E-state index is 5.48. The molecule has 1 aromatic heterocycles. The van der Waals surface area contributed by atoms with E-state index in [4.69, 9.17) is 14.5 Å². The molecule has 0 radical (unpaired) electrons. The molecule has 1 aromatic carbocycles. The van der Waals surface area contributed by atoms with Crippen LogP contribution in [0, 0.1) is 0 Å². The molecule has 27 heavy (non-hydrogen) atoms. The van der Waals surface area contributed by atoms with Gasteiger partial charge >= 0.3 is 0 Å². The lowest BCUT2D eigenvalue weighted by atomic mass is 10.1. The highest BCUT2D eigenvalue weighted by molar-refractivity contribution is 7.98. The van der Waals surface area contributed by atoms with Gasteiger partial charge in [0.2, 0.25) is 5.03 Å². The van der Waals surface area contributed by atoms with Crippen LogP contribution in [-0.4, -0.2) is 57.6 Å². The molecule has 1 heterocycles. The van der Waals surface area contributed by atoms with Crippen molar-refractivity contribution in [3.05, 3.63) is 18.0 Å². The van der Waals surface area contributed by atoms with Crippen LogP contribution in [0.4, 0.5) is 0 Å². The van der Waals surface area contributed by atoms with Gasteiger partial charge in [-0.25, -0.2) is 4.57 Å². The van der Waals surface area contributed by atoms with E-state index < -0.39 is 0 Å². The number of ether oxygens (including phenoxy) is 2. The van der Waals surface area contributed by atoms with Crippen molar-refractivity contribution in [2.75, 3.05) is 48.2 Å². The molecule has 2 rings (SSSR count). The van der Waals surface area contributed by atoms with Gasteiger partial charge in [0.15, 0.2) is 11.5 Å². The minimum Gasteiger partial charge on any atom is -1.00 e. The first-order chi connectivity index (χ1) is 11.8. The van der Waals surface area contributed by atoms with Crippen LogP contribution in [0.1, 0.15) is 18.7 Å². The van der Waals surface area contributed by atoms with Crippen molar-refractivity contribution in [3.8, 4) is 11.5 Å². The Morgan fingerprint density at radius 3 is 2.15 bits per heavy atom. The number of hydrogen-bond acceptors (Lipinski definition) is 4. The molecule has 0 amide bonds. The second kappa shape index (κ2) is 11.8. The maximum Gasteiger partial charge on any atom is 0.300 e. The molecule has 0 aliphatic heterocycles. The summed E-state index contributed by atoms with van der Waals surface area (Å²) in [6.07, 6.45) is 5.39. The highest BCUT2D eigenvalue weighted by Crippen LogP contribution is 2.34. The van der Waals surface area contributed by atoms with Crippen molar-refractivity contribution in [2.45, 2.75) is 24.3 Å². The zero-order chi connectivity index (χ0) is 18.6. The number of halogens is 2. The highest BCUT2D eigenvalue weighted by Gasteiger charge is 2.22. The topological polar surface area (TPSA) is 35.2 Å². The fourth-order valence-corrected chi connectivity index (χ4v) is 3.54. The van der Waals surface area contributed by atoms with Gasteiger partial charge in [-0.1, -0.05) is 11.8 Å². The van der Waals surface area contributed by atoms with E-state index in [-0.39, 0.29) is 48.0 Å². The lowest BCUT2D eigenvalue weighted by Gasteiger charge is -2.23. The van der Waals surface area contributed by atoms with Crippen LogP contribution in [0.2, 0.25) is 0 Å². The Morgan fingerprint density at radius 1 is 1.04 bits per heavy atom. The number of aromatic nitrogens is 2. The lowest BCUT2D eigenvalue weighted by Crippen LogP contribution is -3.00. The number of unbranched alkanes of at least 4 members (excludes halogenated alkanes) is 1. The molecule has 0 unspecified atom stereocenters. The summed E-state index contributed by atoms with van der Waals surface area (Å²) in [6.45, 7) is 1.18. The molecule has 0 fully saturated rings. The van der Waals surface area contributed by atoms with E-state index in [1.807, 2.05) is 12.1 Å². The van der Waals surface area contributed by atoms with Gasteiger partial charge in [0.1, 0.15) is 5.52 Å². The SMILES string of the molecule is COc1cc2c(SC)nc(CCCC[N+](C)(C)C)[n+](C)c2cc1OC.[I-].[I-]. The average molecular weight is 619 g/mol. The zero-order valence-electron chi connectivity index (χ0n) is 17.3. The average Bonchev–Trinajstić information content (AvgIpc) is 2.58. The summed E-state index contributed by atoms with van der Waals surface area (Å²) >= 11 is 1.67. The summed E-state index contributed by atoms with van der Waals surface area (Å²) in [5, 5.41) is 2.14. The molecule has 0 aliphatic rings. The molecule has 0 saturated heterocycles. The number of rotatable bonds is 8. The summed E-state index contributed by atoms with van der Waals surface area (Å²) in [5.41, 5.74) is 1.12. The van der Waals surface area contributed by atoms with Gasteiger partial charge in [0, 0.05) is 12.1 Å². The maximum absolute atomic E-state index is 5.48. The summed E-state index contributed by atoms with van der Waals surface area (Å²) < 4.78 is 14.1. The smallest absolute Gasteiger partial charge is 0.300 e. The largest absolute Gasteiger partial charge is 1.00 e. The predicted octanol–water partition coefficient (Wildman–Crippen LogP) is -3.16. The molecular formula is C19H31I2N3O2S. The Balaban J connectivity index is 0.00000338. The van der Waals surface area contributed by atoms with Gasteiger partial charge < -0.3 is 61.9 Å². The third-order valence-electron chi connectivity index (χ3n) is 4.38. The molecule has 154 valence electrons. The van der Waals surface area contributed by atoms with Gasteiger partial charge in [0.25, 0.3) is 5.82 Å². The van der Waals surface area contributed by atoms with Gasteiger partial charge in [-0.2, -0.15) is 0 Å². The normalized spacial score (nSPS) is 10.9. The fourth-order valence-electron chi connectivity index (χ4n) is 2.96. The van der Waals surface area contributed by atoms with Crippen molar-refractivity contribution in [3.63, 3.8) is 0 Å². The number of aryl methyl sites for hydroxylation is 2. The van der Waals surface area contributed by atoms with E-state index in [0.29, 0.717) is 0 Å². The van der Waals surface area contributed by atoms with E-state index in [0.717, 1.165) is 50.6 Å². The van der Waals surface area contributed by atoms with Crippen LogP contribution >= 0.6 is 11.8 Å². The second-order valence-electron chi connectivity index (χ2n) is 7.29. The van der Waals surface area contributed by atoms with E-state index in [9.17, 15) is 0 Å². The number of nitrogens with zero attached hydrogens (tertiary/aromatic N) is 3. The molecule has 0 atom stereocenters. The first kappa shape index (κ1) is 26.9. The van der Waals surface area contributed by atoms with Crippen molar-refractivity contribution < 1.29 is 66.5 Å². The fraction of sp³-hybridized carbons (Fsp3) is 0.579. The van der Waals surface area contributed by atoms with Gasteiger partial charge in [0.05, 0.1) is 60.8 Å². The van der Waals surface area contributed by atoms with E-state index >= 15 is 0 Å². The number of fused-ring (bicyclic) bond motifs is 1. The van der Waals surface area contributed by atoms with Crippen LogP contribution in [0.3, 0.4) is 0 Å². The Bertz CT molecular complexity index is 752. The molecule has 8 heteroatoms. The van der Waals surface area contributed by atoms with Crippen LogP contribution in [0.15, 0.2) is 17.2 Å². The summed E-state index contributed by atoms with van der Waals surface area (Å²) in [5.74, 6) is 2.60. The summed E-state index contributed by atoms with van der Waals surface area (Å²) in [6, 6.07) is 4.07. The monoisotopic (exact) mass is 619 g/mol. The first-order valence-corrected chi connectivity index (χ1v) is 9.82. The molecule has 0 saturated carbocycles. The minimum atomic E-state index is 0. The lowest BCUT2D eigenvalue weighted by molar-refractivity contribution is -0.870. The van der Waals surface area contributed by atoms with E-state index in [1.54, 1.807) is 26.0 Å². The minimum absolute atomic E-state index is 0. The highest BCUT2D eigenvalue weighted by atomic mass is 127. The van der Waals surface area contributed by atoms with E-state index in [1.165, 1.54) is 13.0 Å². The zero-order valence-corrected chi connectivity index (χ0v) is 22.4. The Hall–Kier alpha value is -0.0700. The Morgan fingerprint density at radius 2 is 1.63 bits per heavy atom.